The summed E-state index contributed by atoms with van der Waals surface area (Å²) in [4.78, 5) is 9.48. The molecule has 1 aromatic rings. The van der Waals surface area contributed by atoms with Crippen LogP contribution in [0.15, 0.2) is 18.2 Å². The van der Waals surface area contributed by atoms with E-state index >= 15 is 0 Å². The molecule has 0 radical (unpaired) electrons. The van der Waals surface area contributed by atoms with Gasteiger partial charge in [-0.05, 0) is 19.1 Å². The van der Waals surface area contributed by atoms with Gasteiger partial charge in [0.1, 0.15) is 0 Å². The fraction of sp³-hybridized carbons (Fsp3) is 0.250. The molecule has 1 rings (SSSR count). The van der Waals surface area contributed by atoms with E-state index in [-0.39, 0.29) is 12.4 Å². The summed E-state index contributed by atoms with van der Waals surface area (Å²) < 4.78 is 42.5. The highest BCUT2D eigenvalue weighted by molar-refractivity contribution is 6.74. The summed E-state index contributed by atoms with van der Waals surface area (Å²) >= 11 is 0. The van der Waals surface area contributed by atoms with Gasteiger partial charge in [0, 0.05) is 6.07 Å². The number of ether oxygens (including phenoxy) is 1. The van der Waals surface area contributed by atoms with Crippen molar-refractivity contribution in [3.8, 4) is 5.75 Å². The molecule has 8 heteroatoms. The zero-order valence-electron chi connectivity index (χ0n) is 8.32. The van der Waals surface area contributed by atoms with Crippen molar-refractivity contribution in [1.29, 1.82) is 0 Å². The first-order chi connectivity index (χ1) is 7.36. The summed E-state index contributed by atoms with van der Waals surface area (Å²) in [6.45, 7) is -3.72. The van der Waals surface area contributed by atoms with E-state index in [2.05, 4.69) is 0 Å². The number of halogens is 3. The molecule has 0 saturated carbocycles. The lowest BCUT2D eigenvalue weighted by Crippen LogP contribution is -2.35. The second-order valence-corrected chi connectivity index (χ2v) is 2.99. The highest BCUT2D eigenvalue weighted by Crippen LogP contribution is 2.22. The average molecular weight is 234 g/mol. The molecule has 0 unspecified atom stereocenters. The Hall–Kier alpha value is -1.73. The first-order valence-corrected chi connectivity index (χ1v) is 4.47. The zero-order chi connectivity index (χ0) is 12.3. The third-order valence-electron chi connectivity index (χ3n) is 1.86. The summed E-state index contributed by atoms with van der Waals surface area (Å²) in [5.41, 5.74) is -1.67. The second kappa shape index (κ2) is 4.42. The molecular formula is C8H8BF3NO3-. The summed E-state index contributed by atoms with van der Waals surface area (Å²) in [6, 6.07) is 2.44. The molecule has 0 fully saturated rings. The summed E-state index contributed by atoms with van der Waals surface area (Å²) in [5, 5.41) is 10.4. The molecule has 0 heterocycles. The second-order valence-electron chi connectivity index (χ2n) is 2.99. The number of nitrogens with zero attached hydrogens (tertiary/aromatic N) is 1. The fourth-order valence-corrected chi connectivity index (χ4v) is 1.19. The van der Waals surface area contributed by atoms with Crippen LogP contribution in [0.5, 0.6) is 5.75 Å². The smallest absolute Gasteiger partial charge is 0.497 e. The SMILES string of the molecule is CCOc1ccc([N+](=O)[O-])cc1[B-](F)(F)F. The van der Waals surface area contributed by atoms with Crippen LogP contribution >= 0.6 is 0 Å². The first kappa shape index (κ1) is 12.3. The quantitative estimate of drug-likeness (QED) is 0.455. The monoisotopic (exact) mass is 234 g/mol. The Bertz CT molecular complexity index is 408. The predicted octanol–water partition coefficient (Wildman–Crippen LogP) is 2.05. The van der Waals surface area contributed by atoms with E-state index in [4.69, 9.17) is 4.74 Å². The van der Waals surface area contributed by atoms with Crippen molar-refractivity contribution in [2.75, 3.05) is 6.61 Å². The van der Waals surface area contributed by atoms with E-state index in [1.54, 1.807) is 0 Å². The van der Waals surface area contributed by atoms with Crippen LogP contribution < -0.4 is 10.2 Å². The minimum Gasteiger partial charge on any atom is -0.497 e. The van der Waals surface area contributed by atoms with Crippen molar-refractivity contribution in [1.82, 2.24) is 0 Å². The van der Waals surface area contributed by atoms with E-state index in [0.717, 1.165) is 12.1 Å². The zero-order valence-corrected chi connectivity index (χ0v) is 8.32. The Morgan fingerprint density at radius 1 is 1.44 bits per heavy atom. The van der Waals surface area contributed by atoms with Gasteiger partial charge in [-0.2, -0.15) is 0 Å². The Morgan fingerprint density at radius 3 is 2.50 bits per heavy atom. The standard InChI is InChI=1S/C8H8BF3NO3/c1-2-16-8-4-3-6(13(14)15)5-7(8)9(10,11)12/h3-5H,2H2,1H3/q-1. The molecule has 0 bridgehead atoms. The topological polar surface area (TPSA) is 52.4 Å². The molecular weight excluding hydrogens is 226 g/mol. The van der Waals surface area contributed by atoms with E-state index in [1.165, 1.54) is 6.92 Å². The summed E-state index contributed by atoms with van der Waals surface area (Å²) in [5.74, 6) is -0.374. The van der Waals surface area contributed by atoms with Gasteiger partial charge in [-0.15, -0.1) is 0 Å². The normalized spacial score (nSPS) is 11.2. The molecule has 16 heavy (non-hydrogen) atoms. The largest absolute Gasteiger partial charge is 0.513 e. The van der Waals surface area contributed by atoms with E-state index < -0.39 is 23.1 Å². The molecule has 0 aliphatic carbocycles. The minimum absolute atomic E-state index is 0.0664. The number of rotatable bonds is 4. The number of hydrogen-bond acceptors (Lipinski definition) is 3. The average Bonchev–Trinajstić information content (AvgIpc) is 2.16. The molecule has 4 nitrogen and oxygen atoms in total. The molecule has 0 aliphatic heterocycles. The predicted molar refractivity (Wildman–Crippen MR) is 53.0 cm³/mol. The van der Waals surface area contributed by atoms with Crippen molar-refractivity contribution in [2.24, 2.45) is 0 Å². The number of nitro groups is 1. The summed E-state index contributed by atoms with van der Waals surface area (Å²) in [7, 11) is 0. The van der Waals surface area contributed by atoms with Crippen molar-refractivity contribution in [3.05, 3.63) is 28.3 Å². The van der Waals surface area contributed by atoms with E-state index in [0.29, 0.717) is 6.07 Å². The van der Waals surface area contributed by atoms with Crippen LogP contribution in [-0.4, -0.2) is 18.5 Å². The molecule has 88 valence electrons. The first-order valence-electron chi connectivity index (χ1n) is 4.47. The van der Waals surface area contributed by atoms with Crippen LogP contribution in [0.25, 0.3) is 0 Å². The molecule has 0 aliphatic rings. The van der Waals surface area contributed by atoms with Crippen LogP contribution in [0.4, 0.5) is 18.6 Å². The van der Waals surface area contributed by atoms with Gasteiger partial charge >= 0.3 is 6.98 Å². The molecule has 0 saturated heterocycles. The Morgan fingerprint density at radius 2 is 2.06 bits per heavy atom. The van der Waals surface area contributed by atoms with Gasteiger partial charge in [0.05, 0.1) is 17.3 Å². The van der Waals surface area contributed by atoms with Crippen LogP contribution in [-0.2, 0) is 0 Å². The van der Waals surface area contributed by atoms with Crippen LogP contribution in [0, 0.1) is 10.1 Å². The number of non-ortho nitro benzene ring substituents is 1. The van der Waals surface area contributed by atoms with Gasteiger partial charge in [-0.25, -0.2) is 0 Å². The van der Waals surface area contributed by atoms with E-state index in [1.807, 2.05) is 0 Å². The van der Waals surface area contributed by atoms with Crippen molar-refractivity contribution < 1.29 is 22.6 Å². The summed E-state index contributed by atoms with van der Waals surface area (Å²) in [6.07, 6.45) is 0. The van der Waals surface area contributed by atoms with Gasteiger partial charge in [-0.3, -0.25) is 10.1 Å². The maximum atomic E-state index is 12.6. The lowest BCUT2D eigenvalue weighted by atomic mass is 9.79. The van der Waals surface area contributed by atoms with Crippen molar-refractivity contribution >= 4 is 18.1 Å². The molecule has 0 atom stereocenters. The Labute approximate surface area is 89.2 Å². The molecule has 0 N–H and O–H groups in total. The Balaban J connectivity index is 3.27. The van der Waals surface area contributed by atoms with Crippen LogP contribution in [0.3, 0.4) is 0 Å². The maximum Gasteiger partial charge on any atom is 0.513 e. The van der Waals surface area contributed by atoms with Gasteiger partial charge in [-0.1, -0.05) is 5.46 Å². The van der Waals surface area contributed by atoms with Crippen molar-refractivity contribution in [2.45, 2.75) is 6.92 Å². The molecule has 0 spiro atoms. The number of hydrogen-bond donors (Lipinski definition) is 0. The minimum atomic E-state index is -5.32. The molecule has 1 aromatic carbocycles. The fourth-order valence-electron chi connectivity index (χ4n) is 1.19. The number of nitro benzene ring substituents is 1. The lowest BCUT2D eigenvalue weighted by Gasteiger charge is -2.18. The third-order valence-corrected chi connectivity index (χ3v) is 1.86. The van der Waals surface area contributed by atoms with Crippen LogP contribution in [0.2, 0.25) is 0 Å². The highest BCUT2D eigenvalue weighted by Gasteiger charge is 2.31. The maximum absolute atomic E-state index is 12.6. The van der Waals surface area contributed by atoms with E-state index in [9.17, 15) is 23.1 Å². The highest BCUT2D eigenvalue weighted by atomic mass is 19.4. The third kappa shape index (κ3) is 2.65. The lowest BCUT2D eigenvalue weighted by molar-refractivity contribution is -0.384. The number of benzene rings is 1. The van der Waals surface area contributed by atoms with Gasteiger partial charge in [0.2, 0.25) is 0 Å². The molecule has 0 aromatic heterocycles. The Kier molecular flexibility index (Phi) is 3.41. The van der Waals surface area contributed by atoms with Gasteiger partial charge in [0.15, 0.2) is 0 Å². The molecule has 0 amide bonds. The van der Waals surface area contributed by atoms with Gasteiger partial charge in [0.25, 0.3) is 5.69 Å². The van der Waals surface area contributed by atoms with Crippen LogP contribution in [0.1, 0.15) is 6.92 Å². The van der Waals surface area contributed by atoms with Crippen molar-refractivity contribution in [3.63, 3.8) is 0 Å². The van der Waals surface area contributed by atoms with Gasteiger partial charge < -0.3 is 17.7 Å².